The van der Waals surface area contributed by atoms with Crippen LogP contribution in [0.2, 0.25) is 0 Å². The third-order valence-electron chi connectivity index (χ3n) is 19.8. The fourth-order valence-corrected chi connectivity index (χ4v) is 23.7. The van der Waals surface area contributed by atoms with Crippen LogP contribution in [0.5, 0.6) is 0 Å². The summed E-state index contributed by atoms with van der Waals surface area (Å²) in [6.45, 7) is 0.131. The molecule has 0 amide bonds. The molecule has 2 nitrogen and oxygen atoms in total. The zero-order chi connectivity index (χ0) is 42.9. The predicted molar refractivity (Wildman–Crippen MR) is 277 cm³/mol. The summed E-state index contributed by atoms with van der Waals surface area (Å²) in [4.78, 5) is 5.36. The van der Waals surface area contributed by atoms with Crippen LogP contribution in [0.3, 0.4) is 0 Å². The highest BCUT2D eigenvalue weighted by molar-refractivity contribution is 7.27. The van der Waals surface area contributed by atoms with Crippen molar-refractivity contribution in [2.75, 3.05) is 9.80 Å². The maximum absolute atomic E-state index is 2.87. The van der Waals surface area contributed by atoms with Crippen molar-refractivity contribution in [1.29, 1.82) is 0 Å². The lowest BCUT2D eigenvalue weighted by Gasteiger charge is -2.57. The summed E-state index contributed by atoms with van der Waals surface area (Å²) in [5.74, 6) is 5.61. The molecule has 8 bridgehead atoms. The molecule has 66 heavy (non-hydrogen) atoms. The molecule has 8 aliphatic carbocycles. The Balaban J connectivity index is 0.928. The average molecular weight is 869 g/mol. The van der Waals surface area contributed by atoms with Gasteiger partial charge in [0.15, 0.2) is 8.07 Å². The Hall–Kier alpha value is -5.58. The Bertz CT molecular complexity index is 2840. The Morgan fingerprint density at radius 2 is 0.682 bits per heavy atom. The third-order valence-corrected chi connectivity index (χ3v) is 24.7. The molecule has 8 saturated carbocycles. The van der Waals surface area contributed by atoms with Crippen molar-refractivity contribution in [3.63, 3.8) is 0 Å². The van der Waals surface area contributed by atoms with Gasteiger partial charge in [0.1, 0.15) is 0 Å². The van der Waals surface area contributed by atoms with E-state index in [1.807, 2.05) is 0 Å². The van der Waals surface area contributed by atoms with Gasteiger partial charge < -0.3 is 9.80 Å². The topological polar surface area (TPSA) is 6.48 Å². The predicted octanol–water partition coefficient (Wildman–Crippen LogP) is 10.4. The minimum absolute atomic E-state index is 0.131. The van der Waals surface area contributed by atoms with Crippen LogP contribution in [0.4, 0.5) is 34.1 Å². The largest absolute Gasteiger partial charge is 0.311 e. The molecule has 11 aliphatic rings. The van der Waals surface area contributed by atoms with Crippen molar-refractivity contribution >= 4 is 86.0 Å². The standard InChI is InChI=1S/C62H57BN2Si/c1-3-10-50(11-4-1)66(51-12-5-2-6-13-51)56-18-8-16-54-59(56)63-58-52(64(54)48-24-20-46(21-25-48)61-34-40-28-41(35-61)30-42(29-40)36-61)14-7-15-53(58)65(55-17-9-19-57(66)60(55)63)49-26-22-47(23-27-49)62-37-43-31-44(38-62)33-45(32-43)39-62/h1-27,40-45H,28-39H2. The molecule has 0 radical (unpaired) electrons. The third kappa shape index (κ3) is 4.89. The van der Waals surface area contributed by atoms with Crippen LogP contribution in [0, 0.1) is 35.5 Å². The van der Waals surface area contributed by atoms with Crippen molar-refractivity contribution in [3.8, 4) is 0 Å². The fraction of sp³-hybridized carbons (Fsp3) is 0.323. The number of anilines is 6. The van der Waals surface area contributed by atoms with Crippen molar-refractivity contribution < 1.29 is 0 Å². The second kappa shape index (κ2) is 13.3. The molecule has 322 valence electrons. The van der Waals surface area contributed by atoms with Gasteiger partial charge in [-0.15, -0.1) is 0 Å². The van der Waals surface area contributed by atoms with E-state index in [-0.39, 0.29) is 6.71 Å². The average Bonchev–Trinajstić information content (AvgIpc) is 3.34. The first kappa shape index (κ1) is 37.5. The smallest absolute Gasteiger partial charge is 0.251 e. The Morgan fingerprint density at radius 1 is 0.348 bits per heavy atom. The SMILES string of the molecule is c1ccc([Si]2(c3ccccc3)c3cccc4c3B3c5c(cccc5N(c5ccc(C67CC8CC(CC(C8)C6)C7)cc5)c5cccc2c53)N4c2ccc(C34CC5CC(CC(C5)C3)C4)cc2)cc1. The van der Waals surface area contributed by atoms with Crippen molar-refractivity contribution in [1.82, 2.24) is 0 Å². The Morgan fingerprint density at radius 3 is 1.05 bits per heavy atom. The fourth-order valence-electron chi connectivity index (χ4n) is 18.4. The summed E-state index contributed by atoms with van der Waals surface area (Å²) in [5, 5.41) is 5.99. The Kier molecular flexibility index (Phi) is 7.57. The van der Waals surface area contributed by atoms with Gasteiger partial charge in [-0.2, -0.15) is 0 Å². The maximum atomic E-state index is 2.68. The highest BCUT2D eigenvalue weighted by Gasteiger charge is 2.57. The summed E-state index contributed by atoms with van der Waals surface area (Å²) >= 11 is 0. The van der Waals surface area contributed by atoms with E-state index < -0.39 is 8.07 Å². The van der Waals surface area contributed by atoms with Crippen LogP contribution in [0.1, 0.15) is 88.2 Å². The van der Waals surface area contributed by atoms with E-state index in [1.165, 1.54) is 148 Å². The molecule has 7 aromatic carbocycles. The molecule has 3 aliphatic heterocycles. The van der Waals surface area contributed by atoms with Gasteiger partial charge in [-0.1, -0.05) is 115 Å². The van der Waals surface area contributed by atoms with Gasteiger partial charge in [0, 0.05) is 34.1 Å². The lowest BCUT2D eigenvalue weighted by Crippen LogP contribution is -2.88. The highest BCUT2D eigenvalue weighted by atomic mass is 28.3. The molecule has 0 N–H and O–H groups in total. The highest BCUT2D eigenvalue weighted by Crippen LogP contribution is 2.62. The maximum Gasteiger partial charge on any atom is 0.251 e. The first-order valence-electron chi connectivity index (χ1n) is 25.9. The summed E-state index contributed by atoms with van der Waals surface area (Å²) < 4.78 is 0. The van der Waals surface area contributed by atoms with Crippen molar-refractivity contribution in [3.05, 3.63) is 175 Å². The van der Waals surface area contributed by atoms with E-state index >= 15 is 0 Å². The first-order chi connectivity index (χ1) is 32.6. The van der Waals surface area contributed by atoms with Gasteiger partial charge in [-0.05, 0) is 220 Å². The van der Waals surface area contributed by atoms with Crippen LogP contribution in [-0.2, 0) is 10.8 Å². The van der Waals surface area contributed by atoms with Crippen LogP contribution in [-0.4, -0.2) is 14.8 Å². The summed E-state index contributed by atoms with van der Waals surface area (Å²) in [6.07, 6.45) is 17.3. The molecular weight excluding hydrogens is 812 g/mol. The molecule has 8 fully saturated rings. The number of benzene rings is 7. The lowest BCUT2D eigenvalue weighted by atomic mass is 9.33. The zero-order valence-corrected chi connectivity index (χ0v) is 39.0. The molecule has 7 aromatic rings. The second-order valence-corrected chi connectivity index (χ2v) is 27.0. The molecular formula is C62H57BN2Si. The van der Waals surface area contributed by atoms with E-state index in [1.54, 1.807) is 11.1 Å². The minimum Gasteiger partial charge on any atom is -0.311 e. The van der Waals surface area contributed by atoms with E-state index in [0.29, 0.717) is 10.8 Å². The number of hydrogen-bond acceptors (Lipinski definition) is 2. The van der Waals surface area contributed by atoms with E-state index in [0.717, 1.165) is 35.5 Å². The minimum atomic E-state index is -2.87. The van der Waals surface area contributed by atoms with Gasteiger partial charge in [-0.3, -0.25) is 0 Å². The molecule has 4 heteroatoms. The Labute approximate surface area is 392 Å². The molecule has 0 aromatic heterocycles. The molecule has 18 rings (SSSR count). The summed E-state index contributed by atoms with van der Waals surface area (Å²) in [6, 6.07) is 65.7. The zero-order valence-electron chi connectivity index (χ0n) is 38.0. The van der Waals surface area contributed by atoms with Crippen LogP contribution in [0.15, 0.2) is 164 Å². The molecule has 0 spiro atoms. The normalized spacial score (nSPS) is 30.5. The quantitative estimate of drug-likeness (QED) is 0.154. The van der Waals surface area contributed by atoms with Gasteiger partial charge in [0.05, 0.1) is 0 Å². The number of hydrogen-bond donors (Lipinski definition) is 0. The number of nitrogens with zero attached hydrogens (tertiary/aromatic N) is 2. The van der Waals surface area contributed by atoms with Gasteiger partial charge in [0.2, 0.25) is 0 Å². The monoisotopic (exact) mass is 868 g/mol. The molecule has 0 atom stereocenters. The van der Waals surface area contributed by atoms with Crippen LogP contribution < -0.4 is 46.9 Å². The molecule has 0 saturated heterocycles. The first-order valence-corrected chi connectivity index (χ1v) is 27.9. The molecule has 0 unspecified atom stereocenters. The van der Waals surface area contributed by atoms with E-state index in [4.69, 9.17) is 0 Å². The van der Waals surface area contributed by atoms with Crippen molar-refractivity contribution in [2.24, 2.45) is 35.5 Å². The van der Waals surface area contributed by atoms with E-state index in [2.05, 4.69) is 174 Å². The molecule has 3 heterocycles. The lowest BCUT2D eigenvalue weighted by molar-refractivity contribution is -0.00530. The van der Waals surface area contributed by atoms with Gasteiger partial charge in [0.25, 0.3) is 6.71 Å². The second-order valence-electron chi connectivity index (χ2n) is 23.3. The van der Waals surface area contributed by atoms with Gasteiger partial charge >= 0.3 is 0 Å². The van der Waals surface area contributed by atoms with Crippen LogP contribution in [0.25, 0.3) is 0 Å². The van der Waals surface area contributed by atoms with Crippen molar-refractivity contribution in [2.45, 2.75) is 87.9 Å². The summed E-state index contributed by atoms with van der Waals surface area (Å²) in [7, 11) is -2.87. The van der Waals surface area contributed by atoms with Gasteiger partial charge in [-0.25, -0.2) is 0 Å². The van der Waals surface area contributed by atoms with Crippen LogP contribution >= 0.6 is 0 Å². The summed E-state index contributed by atoms with van der Waals surface area (Å²) in [5.41, 5.74) is 16.4. The van der Waals surface area contributed by atoms with E-state index in [9.17, 15) is 0 Å². The number of rotatable bonds is 6.